The van der Waals surface area contributed by atoms with Gasteiger partial charge in [-0.25, -0.2) is 4.39 Å². The van der Waals surface area contributed by atoms with Crippen LogP contribution in [0, 0.1) is 5.82 Å². The molecule has 2 aromatic carbocycles. The van der Waals surface area contributed by atoms with Crippen molar-refractivity contribution in [3.63, 3.8) is 0 Å². The minimum absolute atomic E-state index is 0. The van der Waals surface area contributed by atoms with Crippen LogP contribution in [0.5, 0.6) is 11.5 Å². The van der Waals surface area contributed by atoms with E-state index in [1.165, 1.54) is 6.07 Å². The van der Waals surface area contributed by atoms with E-state index < -0.39 is 11.6 Å². The molecule has 2 aliphatic heterocycles. The van der Waals surface area contributed by atoms with Crippen LogP contribution in [0.4, 0.5) is 4.39 Å². The van der Waals surface area contributed by atoms with E-state index in [0.29, 0.717) is 31.3 Å². The van der Waals surface area contributed by atoms with Crippen LogP contribution in [-0.4, -0.2) is 31.3 Å². The van der Waals surface area contributed by atoms with Gasteiger partial charge in [0.25, 0.3) is 0 Å². The molecule has 5 nitrogen and oxygen atoms in total. The molecule has 1 atom stereocenters. The van der Waals surface area contributed by atoms with Crippen molar-refractivity contribution in [1.29, 1.82) is 0 Å². The van der Waals surface area contributed by atoms with Crippen molar-refractivity contribution in [2.24, 2.45) is 4.99 Å². The van der Waals surface area contributed by atoms with Crippen molar-refractivity contribution < 1.29 is 18.6 Å². The van der Waals surface area contributed by atoms with Crippen LogP contribution < -0.4 is 14.8 Å². The summed E-state index contributed by atoms with van der Waals surface area (Å²) in [4.78, 5) is 4.42. The van der Waals surface area contributed by atoms with Gasteiger partial charge in [0.1, 0.15) is 0 Å². The molecule has 0 saturated carbocycles. The predicted molar refractivity (Wildman–Crippen MR) is 94.0 cm³/mol. The first-order chi connectivity index (χ1) is 11.8. The second kappa shape index (κ2) is 7.29. The standard InChI is InChI=1S/C18H17FN2O3.ClH/c19-14-7-4-8-15-16(14)22-12-18(24-15,17-20-9-10-21-17)23-11-13-5-2-1-3-6-13;/h1-8H,9-12H2,(H,20,21);1H. The molecule has 0 aromatic heterocycles. The van der Waals surface area contributed by atoms with Crippen molar-refractivity contribution in [3.8, 4) is 11.5 Å². The summed E-state index contributed by atoms with van der Waals surface area (Å²) in [5.74, 6) is -0.660. The average Bonchev–Trinajstić information content (AvgIpc) is 3.16. The molecule has 0 saturated heterocycles. The second-order valence-electron chi connectivity index (χ2n) is 5.64. The highest BCUT2D eigenvalue weighted by molar-refractivity contribution is 5.91. The Morgan fingerprint density at radius 1 is 1.16 bits per heavy atom. The number of benzene rings is 2. The number of nitrogens with one attached hydrogen (secondary N) is 1. The zero-order chi connectivity index (χ0) is 16.4. The number of halogens is 2. The smallest absolute Gasteiger partial charge is 0.304 e. The number of aliphatic imine (C=N–C) groups is 1. The molecule has 0 fully saturated rings. The van der Waals surface area contributed by atoms with Gasteiger partial charge in [0.2, 0.25) is 0 Å². The summed E-state index contributed by atoms with van der Waals surface area (Å²) in [6.45, 7) is 1.71. The van der Waals surface area contributed by atoms with Crippen molar-refractivity contribution in [2.75, 3.05) is 19.7 Å². The summed E-state index contributed by atoms with van der Waals surface area (Å²) in [7, 11) is 0. The Morgan fingerprint density at radius 2 is 2.00 bits per heavy atom. The Balaban J connectivity index is 0.00000182. The van der Waals surface area contributed by atoms with Gasteiger partial charge in [-0.05, 0) is 17.7 Å². The van der Waals surface area contributed by atoms with E-state index in [1.54, 1.807) is 12.1 Å². The highest BCUT2D eigenvalue weighted by Crippen LogP contribution is 2.38. The van der Waals surface area contributed by atoms with E-state index in [2.05, 4.69) is 10.3 Å². The van der Waals surface area contributed by atoms with Gasteiger partial charge >= 0.3 is 5.79 Å². The number of hydrogen-bond acceptors (Lipinski definition) is 5. The zero-order valence-electron chi connectivity index (χ0n) is 13.4. The van der Waals surface area contributed by atoms with Crippen LogP contribution >= 0.6 is 12.4 Å². The zero-order valence-corrected chi connectivity index (χ0v) is 14.2. The Bertz CT molecular complexity index is 772. The van der Waals surface area contributed by atoms with Gasteiger partial charge in [0, 0.05) is 6.54 Å². The quantitative estimate of drug-likeness (QED) is 0.906. The highest BCUT2D eigenvalue weighted by Gasteiger charge is 2.46. The Kier molecular flexibility index (Phi) is 5.11. The van der Waals surface area contributed by atoms with Gasteiger partial charge in [-0.3, -0.25) is 4.99 Å². The van der Waals surface area contributed by atoms with Gasteiger partial charge < -0.3 is 19.5 Å². The fraction of sp³-hybridized carbons (Fsp3) is 0.278. The van der Waals surface area contributed by atoms with Crippen LogP contribution in [0.1, 0.15) is 5.56 Å². The highest BCUT2D eigenvalue weighted by atomic mass is 35.5. The summed E-state index contributed by atoms with van der Waals surface area (Å²) in [6.07, 6.45) is 0. The number of amidine groups is 1. The Labute approximate surface area is 151 Å². The monoisotopic (exact) mass is 364 g/mol. The topological polar surface area (TPSA) is 52.1 Å². The normalized spacial score (nSPS) is 21.1. The summed E-state index contributed by atoms with van der Waals surface area (Å²) >= 11 is 0. The first kappa shape index (κ1) is 17.5. The lowest BCUT2D eigenvalue weighted by molar-refractivity contribution is -0.172. The number of fused-ring (bicyclic) bond motifs is 1. The van der Waals surface area contributed by atoms with Crippen molar-refractivity contribution in [1.82, 2.24) is 5.32 Å². The first-order valence-electron chi connectivity index (χ1n) is 7.84. The fourth-order valence-electron chi connectivity index (χ4n) is 2.77. The maximum absolute atomic E-state index is 13.9. The molecule has 0 bridgehead atoms. The molecule has 2 heterocycles. The lowest BCUT2D eigenvalue weighted by atomic mass is 10.2. The van der Waals surface area contributed by atoms with Crippen LogP contribution in [0.15, 0.2) is 53.5 Å². The lowest BCUT2D eigenvalue weighted by Gasteiger charge is -2.37. The van der Waals surface area contributed by atoms with Crippen molar-refractivity contribution in [3.05, 3.63) is 59.9 Å². The molecule has 0 aliphatic carbocycles. The van der Waals surface area contributed by atoms with E-state index in [4.69, 9.17) is 14.2 Å². The van der Waals surface area contributed by atoms with Gasteiger partial charge in [0.15, 0.2) is 29.8 Å². The second-order valence-corrected chi connectivity index (χ2v) is 5.64. The largest absolute Gasteiger partial charge is 0.479 e. The third-order valence-corrected chi connectivity index (χ3v) is 3.96. The Hall–Kier alpha value is -2.31. The number of rotatable bonds is 4. The maximum Gasteiger partial charge on any atom is 0.304 e. The molecule has 7 heteroatoms. The fourth-order valence-corrected chi connectivity index (χ4v) is 2.77. The molecule has 1 unspecified atom stereocenters. The van der Waals surface area contributed by atoms with E-state index in [9.17, 15) is 4.39 Å². The van der Waals surface area contributed by atoms with E-state index >= 15 is 0 Å². The molecule has 0 radical (unpaired) electrons. The molecule has 132 valence electrons. The van der Waals surface area contributed by atoms with Gasteiger partial charge in [-0.2, -0.15) is 0 Å². The predicted octanol–water partition coefficient (Wildman–Crippen LogP) is 2.93. The van der Waals surface area contributed by atoms with E-state index in [0.717, 1.165) is 5.56 Å². The molecular weight excluding hydrogens is 347 g/mol. The van der Waals surface area contributed by atoms with Gasteiger partial charge in [-0.15, -0.1) is 12.4 Å². The molecule has 0 spiro atoms. The molecular formula is C18H18ClFN2O3. The minimum Gasteiger partial charge on any atom is -0.479 e. The van der Waals surface area contributed by atoms with Crippen molar-refractivity contribution in [2.45, 2.75) is 12.4 Å². The van der Waals surface area contributed by atoms with Gasteiger partial charge in [0.05, 0.1) is 13.2 Å². The lowest BCUT2D eigenvalue weighted by Crippen LogP contribution is -2.57. The summed E-state index contributed by atoms with van der Waals surface area (Å²) < 4.78 is 31.6. The van der Waals surface area contributed by atoms with Gasteiger partial charge in [-0.1, -0.05) is 36.4 Å². The third-order valence-electron chi connectivity index (χ3n) is 3.96. The maximum atomic E-state index is 13.9. The summed E-state index contributed by atoms with van der Waals surface area (Å²) in [5.41, 5.74) is 1.00. The van der Waals surface area contributed by atoms with Crippen LogP contribution in [-0.2, 0) is 11.3 Å². The molecule has 0 amide bonds. The van der Waals surface area contributed by atoms with Crippen molar-refractivity contribution >= 4 is 18.2 Å². The minimum atomic E-state index is -1.20. The molecule has 2 aliphatic rings. The first-order valence-corrected chi connectivity index (χ1v) is 7.84. The SMILES string of the molecule is Cl.Fc1cccc2c1OCC(OCc1ccccc1)(C1=NCCN1)O2. The third kappa shape index (κ3) is 3.41. The molecule has 2 aromatic rings. The van der Waals surface area contributed by atoms with Crippen LogP contribution in [0.25, 0.3) is 0 Å². The molecule has 4 rings (SSSR count). The number of para-hydroxylation sites is 1. The van der Waals surface area contributed by atoms with E-state index in [-0.39, 0.29) is 24.8 Å². The summed E-state index contributed by atoms with van der Waals surface area (Å²) in [5, 5.41) is 3.18. The van der Waals surface area contributed by atoms with Crippen LogP contribution in [0.2, 0.25) is 0 Å². The molecule has 25 heavy (non-hydrogen) atoms. The average molecular weight is 365 g/mol. The Morgan fingerprint density at radius 3 is 2.76 bits per heavy atom. The number of ether oxygens (including phenoxy) is 3. The number of hydrogen-bond donors (Lipinski definition) is 1. The number of nitrogens with zero attached hydrogens (tertiary/aromatic N) is 1. The molecule has 1 N–H and O–H groups in total. The van der Waals surface area contributed by atoms with E-state index in [1.807, 2.05) is 30.3 Å². The van der Waals surface area contributed by atoms with Crippen LogP contribution in [0.3, 0.4) is 0 Å². The summed E-state index contributed by atoms with van der Waals surface area (Å²) in [6, 6.07) is 14.3.